The number of likely N-dealkylation sites (tertiary alicyclic amines) is 1. The lowest BCUT2D eigenvalue weighted by Crippen LogP contribution is -2.59. The first kappa shape index (κ1) is 22.6. The Balaban J connectivity index is 1.48. The highest BCUT2D eigenvalue weighted by Gasteiger charge is 2.59. The smallest absolute Gasteiger partial charge is 0.426 e. The van der Waals surface area contributed by atoms with Crippen LogP contribution in [0.1, 0.15) is 38.9 Å². The monoisotopic (exact) mass is 452 g/mol. The van der Waals surface area contributed by atoms with Gasteiger partial charge in [-0.05, 0) is 62.3 Å². The quantitative estimate of drug-likeness (QED) is 0.726. The number of methoxy groups -OCH3 is 1. The molecule has 7 nitrogen and oxygen atoms in total. The summed E-state index contributed by atoms with van der Waals surface area (Å²) in [6, 6.07) is 7.43. The lowest BCUT2D eigenvalue weighted by atomic mass is 9.74. The summed E-state index contributed by atoms with van der Waals surface area (Å²) in [6.45, 7) is 2.79. The van der Waals surface area contributed by atoms with Gasteiger partial charge in [0.1, 0.15) is 11.6 Å². The number of halogens is 3. The average molecular weight is 452 g/mol. The number of amides is 1. The molecule has 1 aromatic heterocycles. The van der Waals surface area contributed by atoms with Gasteiger partial charge in [-0.1, -0.05) is 6.92 Å². The van der Waals surface area contributed by atoms with Crippen molar-refractivity contribution in [2.75, 3.05) is 20.2 Å². The van der Waals surface area contributed by atoms with Crippen LogP contribution in [0.2, 0.25) is 0 Å². The summed E-state index contributed by atoms with van der Waals surface area (Å²) in [4.78, 5) is 18.2. The first-order valence-electron chi connectivity index (χ1n) is 10.7. The number of alkyl halides is 3. The molecule has 174 valence electrons. The molecule has 1 saturated heterocycles. The fraction of sp³-hybridized carbons (Fsp3) is 0.591. The molecular formula is C22H27F3N4O3. The summed E-state index contributed by atoms with van der Waals surface area (Å²) in [5.41, 5.74) is -2.74. The zero-order chi connectivity index (χ0) is 23.3. The van der Waals surface area contributed by atoms with Crippen LogP contribution in [0.5, 0.6) is 5.75 Å². The van der Waals surface area contributed by atoms with E-state index in [0.29, 0.717) is 19.2 Å². The lowest BCUT2D eigenvalue weighted by Gasteiger charge is -2.42. The largest absolute Gasteiger partial charge is 0.497 e. The van der Waals surface area contributed by atoms with Gasteiger partial charge in [0.15, 0.2) is 5.82 Å². The van der Waals surface area contributed by atoms with Gasteiger partial charge >= 0.3 is 6.18 Å². The Labute approximate surface area is 184 Å². The number of aliphatic hydroxyl groups is 1. The SMILES string of the molecule is COc1ccc(-c2n[nH]c(C3([C@H]4CCN(C(=O)[C@@](C)(O)C(F)(F)F)C[C@H]4C)CC3)n2)cc1. The van der Waals surface area contributed by atoms with Crippen molar-refractivity contribution in [3.8, 4) is 17.1 Å². The van der Waals surface area contributed by atoms with Crippen LogP contribution in [0.4, 0.5) is 13.2 Å². The minimum absolute atomic E-state index is 0.0474. The Morgan fingerprint density at radius 2 is 1.94 bits per heavy atom. The fourth-order valence-corrected chi connectivity index (χ4v) is 4.85. The van der Waals surface area contributed by atoms with E-state index in [1.807, 2.05) is 31.2 Å². The maximum Gasteiger partial charge on any atom is 0.426 e. The molecule has 1 saturated carbocycles. The van der Waals surface area contributed by atoms with E-state index >= 15 is 0 Å². The van der Waals surface area contributed by atoms with Crippen molar-refractivity contribution < 1.29 is 27.8 Å². The highest BCUT2D eigenvalue weighted by molar-refractivity contribution is 5.85. The van der Waals surface area contributed by atoms with E-state index in [-0.39, 0.29) is 30.3 Å². The van der Waals surface area contributed by atoms with Crippen molar-refractivity contribution >= 4 is 5.91 Å². The Bertz CT molecular complexity index is 983. The standard InChI is InChI=1S/C22H27F3N4O3/c1-13-12-29(19(30)20(2,31)22(23,24)25)11-8-16(13)21(9-10-21)18-26-17(27-28-18)14-4-6-15(32-3)7-5-14/h4-7,13,16,31H,8-12H2,1-3H3,(H,26,27,28)/t13-,16+,20-/m1/s1. The minimum Gasteiger partial charge on any atom is -0.497 e. The van der Waals surface area contributed by atoms with Gasteiger partial charge in [0.05, 0.1) is 7.11 Å². The highest BCUT2D eigenvalue weighted by Crippen LogP contribution is 2.57. The minimum atomic E-state index is -5.01. The zero-order valence-electron chi connectivity index (χ0n) is 18.2. The van der Waals surface area contributed by atoms with Crippen LogP contribution in [-0.2, 0) is 10.2 Å². The average Bonchev–Trinajstić information content (AvgIpc) is 3.40. The van der Waals surface area contributed by atoms with Gasteiger partial charge in [0.2, 0.25) is 5.60 Å². The van der Waals surface area contributed by atoms with Gasteiger partial charge in [0.25, 0.3) is 5.91 Å². The van der Waals surface area contributed by atoms with E-state index in [9.17, 15) is 23.1 Å². The third kappa shape index (κ3) is 3.74. The topological polar surface area (TPSA) is 91.3 Å². The molecule has 0 radical (unpaired) electrons. The summed E-state index contributed by atoms with van der Waals surface area (Å²) in [7, 11) is 1.60. The molecule has 2 N–H and O–H groups in total. The molecule has 4 rings (SSSR count). The molecule has 2 aliphatic rings. The molecule has 2 fully saturated rings. The number of carbonyl (C=O) groups is 1. The van der Waals surface area contributed by atoms with Gasteiger partial charge in [-0.3, -0.25) is 9.89 Å². The zero-order valence-corrected chi connectivity index (χ0v) is 18.2. The van der Waals surface area contributed by atoms with E-state index in [1.54, 1.807) is 7.11 Å². The Morgan fingerprint density at radius 3 is 2.47 bits per heavy atom. The molecule has 0 unspecified atom stereocenters. The van der Waals surface area contributed by atoms with Crippen molar-refractivity contribution in [3.63, 3.8) is 0 Å². The third-order valence-corrected chi connectivity index (χ3v) is 6.96. The van der Waals surface area contributed by atoms with Crippen molar-refractivity contribution in [2.45, 2.75) is 50.3 Å². The number of hydrogen-bond acceptors (Lipinski definition) is 5. The molecule has 1 amide bonds. The van der Waals surface area contributed by atoms with Crippen molar-refractivity contribution in [1.82, 2.24) is 20.1 Å². The summed E-state index contributed by atoms with van der Waals surface area (Å²) in [6.07, 6.45) is -2.65. The molecule has 2 aromatic rings. The Morgan fingerprint density at radius 1 is 1.28 bits per heavy atom. The van der Waals surface area contributed by atoms with E-state index in [0.717, 1.165) is 34.9 Å². The number of aromatic amines is 1. The van der Waals surface area contributed by atoms with Crippen LogP contribution in [0.15, 0.2) is 24.3 Å². The molecule has 1 aliphatic heterocycles. The predicted octanol–water partition coefficient (Wildman–Crippen LogP) is 3.31. The lowest BCUT2D eigenvalue weighted by molar-refractivity contribution is -0.251. The van der Waals surface area contributed by atoms with Crippen LogP contribution in [-0.4, -0.2) is 63.1 Å². The van der Waals surface area contributed by atoms with Gasteiger partial charge in [-0.15, -0.1) is 0 Å². The van der Waals surface area contributed by atoms with Crippen LogP contribution < -0.4 is 4.74 Å². The normalized spacial score (nSPS) is 24.7. The molecule has 0 bridgehead atoms. The maximum atomic E-state index is 13.1. The number of nitrogens with zero attached hydrogens (tertiary/aromatic N) is 3. The molecular weight excluding hydrogens is 425 g/mol. The number of rotatable bonds is 5. The second-order valence-electron chi connectivity index (χ2n) is 9.09. The van der Waals surface area contributed by atoms with Crippen molar-refractivity contribution in [1.29, 1.82) is 0 Å². The summed E-state index contributed by atoms with van der Waals surface area (Å²) in [5, 5.41) is 17.2. The van der Waals surface area contributed by atoms with Crippen molar-refractivity contribution in [3.05, 3.63) is 30.1 Å². The van der Waals surface area contributed by atoms with Gasteiger partial charge in [0, 0.05) is 24.1 Å². The second kappa shape index (κ2) is 7.75. The number of hydrogen-bond donors (Lipinski definition) is 2. The van der Waals surface area contributed by atoms with Crippen LogP contribution in [0, 0.1) is 11.8 Å². The van der Waals surface area contributed by atoms with Gasteiger partial charge in [-0.25, -0.2) is 4.98 Å². The molecule has 3 atom stereocenters. The number of carbonyl (C=O) groups excluding carboxylic acids is 1. The summed E-state index contributed by atoms with van der Waals surface area (Å²) < 4.78 is 44.5. The second-order valence-corrected chi connectivity index (χ2v) is 9.09. The van der Waals surface area contributed by atoms with E-state index in [2.05, 4.69) is 10.2 Å². The van der Waals surface area contributed by atoms with E-state index in [1.165, 1.54) is 0 Å². The molecule has 32 heavy (non-hydrogen) atoms. The first-order chi connectivity index (χ1) is 15.0. The summed E-state index contributed by atoms with van der Waals surface area (Å²) >= 11 is 0. The van der Waals surface area contributed by atoms with Crippen LogP contribution in [0.25, 0.3) is 11.4 Å². The number of nitrogens with one attached hydrogen (secondary N) is 1. The number of benzene rings is 1. The maximum absolute atomic E-state index is 13.1. The van der Waals surface area contributed by atoms with E-state index in [4.69, 9.17) is 9.72 Å². The summed E-state index contributed by atoms with van der Waals surface area (Å²) in [5.74, 6) is 0.912. The first-order valence-corrected chi connectivity index (χ1v) is 10.7. The van der Waals surface area contributed by atoms with Crippen molar-refractivity contribution in [2.24, 2.45) is 11.8 Å². The molecule has 10 heteroatoms. The third-order valence-electron chi connectivity index (χ3n) is 6.96. The fourth-order valence-electron chi connectivity index (χ4n) is 4.85. The predicted molar refractivity (Wildman–Crippen MR) is 110 cm³/mol. The van der Waals surface area contributed by atoms with Crippen LogP contribution in [0.3, 0.4) is 0 Å². The van der Waals surface area contributed by atoms with Crippen LogP contribution >= 0.6 is 0 Å². The molecule has 0 spiro atoms. The van der Waals surface area contributed by atoms with Gasteiger partial charge < -0.3 is 14.7 Å². The Hall–Kier alpha value is -2.62. The molecule has 2 heterocycles. The Kier molecular flexibility index (Phi) is 5.47. The molecule has 1 aromatic carbocycles. The number of ether oxygens (including phenoxy) is 1. The molecule has 1 aliphatic carbocycles. The number of aromatic nitrogens is 3. The van der Waals surface area contributed by atoms with Gasteiger partial charge in [-0.2, -0.15) is 18.3 Å². The number of piperidine rings is 1. The highest BCUT2D eigenvalue weighted by atomic mass is 19.4. The van der Waals surface area contributed by atoms with E-state index < -0.39 is 17.7 Å². The number of H-pyrrole nitrogens is 1.